The van der Waals surface area contributed by atoms with Crippen LogP contribution in [-0.2, 0) is 9.53 Å². The van der Waals surface area contributed by atoms with Gasteiger partial charge in [-0.3, -0.25) is 9.69 Å². The summed E-state index contributed by atoms with van der Waals surface area (Å²) >= 11 is 0. The zero-order chi connectivity index (χ0) is 19.4. The van der Waals surface area contributed by atoms with Gasteiger partial charge in [-0.2, -0.15) is 0 Å². The highest BCUT2D eigenvalue weighted by molar-refractivity contribution is 5.84. The predicted molar refractivity (Wildman–Crippen MR) is 101 cm³/mol. The molecule has 2 heterocycles. The number of ether oxygens (including phenoxy) is 1. The molecule has 1 saturated heterocycles. The van der Waals surface area contributed by atoms with Crippen LogP contribution in [-0.4, -0.2) is 58.8 Å². The molecule has 1 aromatic carbocycles. The summed E-state index contributed by atoms with van der Waals surface area (Å²) in [6.45, 7) is 8.00. The number of carbonyl (C=O) groups excluding carboxylic acids is 1. The van der Waals surface area contributed by atoms with Crippen LogP contribution in [0.25, 0.3) is 0 Å². The van der Waals surface area contributed by atoms with Gasteiger partial charge in [0.15, 0.2) is 0 Å². The second-order valence-electron chi connectivity index (χ2n) is 6.79. The van der Waals surface area contributed by atoms with Crippen LogP contribution in [0.1, 0.15) is 49.7 Å². The van der Waals surface area contributed by atoms with E-state index in [1.165, 1.54) is 0 Å². The number of hydrogen-bond acceptors (Lipinski definition) is 6. The fourth-order valence-corrected chi connectivity index (χ4v) is 3.78. The molecule has 1 aromatic heterocycles. The Balaban J connectivity index is 1.95. The number of likely N-dealkylation sites (tertiary alicyclic amines) is 1. The molecular weight excluding hydrogens is 344 g/mol. The van der Waals surface area contributed by atoms with Gasteiger partial charge in [0.25, 0.3) is 0 Å². The van der Waals surface area contributed by atoms with Gasteiger partial charge in [0.1, 0.15) is 12.1 Å². The third-order valence-electron chi connectivity index (χ3n) is 5.23. The van der Waals surface area contributed by atoms with Gasteiger partial charge >= 0.3 is 0 Å². The molecule has 0 bridgehead atoms. The fourth-order valence-electron chi connectivity index (χ4n) is 3.78. The van der Waals surface area contributed by atoms with Gasteiger partial charge < -0.3 is 14.1 Å². The Labute approximate surface area is 160 Å². The van der Waals surface area contributed by atoms with Crippen molar-refractivity contribution in [1.82, 2.24) is 20.0 Å². The molecule has 0 spiro atoms. The van der Waals surface area contributed by atoms with Crippen molar-refractivity contribution in [2.24, 2.45) is 0 Å². The van der Waals surface area contributed by atoms with E-state index in [-0.39, 0.29) is 24.1 Å². The van der Waals surface area contributed by atoms with Gasteiger partial charge in [-0.05, 0) is 18.7 Å². The summed E-state index contributed by atoms with van der Waals surface area (Å²) in [6.07, 6.45) is 0.614. The van der Waals surface area contributed by atoms with Gasteiger partial charge in [-0.15, -0.1) is 10.2 Å². The third kappa shape index (κ3) is 4.04. The summed E-state index contributed by atoms with van der Waals surface area (Å²) in [6, 6.07) is 9.33. The van der Waals surface area contributed by atoms with Crippen LogP contribution < -0.4 is 0 Å². The molecule has 27 heavy (non-hydrogen) atoms. The van der Waals surface area contributed by atoms with Crippen LogP contribution in [0.2, 0.25) is 0 Å². The first-order chi connectivity index (χ1) is 13.1. The van der Waals surface area contributed by atoms with E-state index in [0.717, 1.165) is 18.7 Å². The van der Waals surface area contributed by atoms with E-state index in [2.05, 4.69) is 28.9 Å². The van der Waals surface area contributed by atoms with E-state index in [4.69, 9.17) is 9.15 Å². The SMILES string of the molecule is CCN(CC)C(C(=O)N1C[C@@H](OC)C[C@@H]1c1nnc(C)o1)c1ccccc1. The molecule has 1 aliphatic heterocycles. The zero-order valence-corrected chi connectivity index (χ0v) is 16.5. The summed E-state index contributed by atoms with van der Waals surface area (Å²) in [5.41, 5.74) is 0.993. The summed E-state index contributed by atoms with van der Waals surface area (Å²) in [5, 5.41) is 8.11. The number of rotatable bonds is 7. The first-order valence-corrected chi connectivity index (χ1v) is 9.51. The van der Waals surface area contributed by atoms with Gasteiger partial charge in [0.2, 0.25) is 17.7 Å². The Kier molecular flexibility index (Phi) is 6.23. The number of aryl methyl sites for hydroxylation is 1. The van der Waals surface area contributed by atoms with E-state index in [0.29, 0.717) is 24.7 Å². The van der Waals surface area contributed by atoms with Gasteiger partial charge in [0, 0.05) is 27.0 Å². The standard InChI is InChI=1S/C20H28N4O3/c1-5-23(6-2)18(15-10-8-7-9-11-15)20(25)24-13-16(26-4)12-17(24)19-22-21-14(3)27-19/h7-11,16-18H,5-6,12-13H2,1-4H3/t16-,17+,18?/m0/s1. The summed E-state index contributed by atoms with van der Waals surface area (Å²) in [7, 11) is 1.67. The maximum absolute atomic E-state index is 13.7. The Morgan fingerprint density at radius 3 is 2.56 bits per heavy atom. The molecule has 3 rings (SSSR count). The van der Waals surface area contributed by atoms with Gasteiger partial charge in [-0.1, -0.05) is 44.2 Å². The lowest BCUT2D eigenvalue weighted by Crippen LogP contribution is -2.43. The Morgan fingerprint density at radius 1 is 1.30 bits per heavy atom. The zero-order valence-electron chi connectivity index (χ0n) is 16.5. The minimum atomic E-state index is -0.344. The van der Waals surface area contributed by atoms with Crippen LogP contribution in [0.4, 0.5) is 0 Å². The molecule has 1 aliphatic rings. The van der Waals surface area contributed by atoms with Crippen molar-refractivity contribution >= 4 is 5.91 Å². The third-order valence-corrected chi connectivity index (χ3v) is 5.23. The quantitative estimate of drug-likeness (QED) is 0.744. The van der Waals surface area contributed by atoms with E-state index in [1.807, 2.05) is 35.2 Å². The van der Waals surface area contributed by atoms with Crippen LogP contribution in [0.3, 0.4) is 0 Å². The number of aromatic nitrogens is 2. The van der Waals surface area contributed by atoms with Crippen LogP contribution in [0, 0.1) is 6.92 Å². The van der Waals surface area contributed by atoms with Gasteiger partial charge in [-0.25, -0.2) is 0 Å². The van der Waals surface area contributed by atoms with Crippen molar-refractivity contribution < 1.29 is 13.9 Å². The van der Waals surface area contributed by atoms with Crippen LogP contribution in [0.5, 0.6) is 0 Å². The molecule has 2 aromatic rings. The van der Waals surface area contributed by atoms with Crippen molar-refractivity contribution in [3.8, 4) is 0 Å². The van der Waals surface area contributed by atoms with Gasteiger partial charge in [0.05, 0.1) is 6.10 Å². The van der Waals surface area contributed by atoms with Crippen molar-refractivity contribution in [2.75, 3.05) is 26.7 Å². The Morgan fingerprint density at radius 2 is 2.00 bits per heavy atom. The lowest BCUT2D eigenvalue weighted by molar-refractivity contribution is -0.139. The van der Waals surface area contributed by atoms with Crippen molar-refractivity contribution in [3.63, 3.8) is 0 Å². The first kappa shape index (κ1) is 19.5. The predicted octanol–water partition coefficient (Wildman–Crippen LogP) is 2.75. The molecule has 3 atom stereocenters. The summed E-state index contributed by atoms with van der Waals surface area (Å²) in [4.78, 5) is 17.7. The maximum Gasteiger partial charge on any atom is 0.245 e. The molecule has 146 valence electrons. The molecule has 7 nitrogen and oxygen atoms in total. The highest BCUT2D eigenvalue weighted by atomic mass is 16.5. The average molecular weight is 372 g/mol. The second kappa shape index (κ2) is 8.63. The summed E-state index contributed by atoms with van der Waals surface area (Å²) < 4.78 is 11.2. The smallest absolute Gasteiger partial charge is 0.245 e. The number of nitrogens with zero attached hydrogens (tertiary/aromatic N) is 4. The molecular formula is C20H28N4O3. The van der Waals surface area contributed by atoms with E-state index < -0.39 is 0 Å². The second-order valence-corrected chi connectivity index (χ2v) is 6.79. The summed E-state index contributed by atoms with van der Waals surface area (Å²) in [5.74, 6) is 1.03. The largest absolute Gasteiger partial charge is 0.423 e. The number of amides is 1. The molecule has 1 unspecified atom stereocenters. The van der Waals surface area contributed by atoms with E-state index in [1.54, 1.807) is 14.0 Å². The number of benzene rings is 1. The number of likely N-dealkylation sites (N-methyl/N-ethyl adjacent to an activating group) is 1. The van der Waals surface area contributed by atoms with Crippen molar-refractivity contribution in [2.45, 2.75) is 45.4 Å². The number of carbonyl (C=O) groups is 1. The van der Waals surface area contributed by atoms with Crippen LogP contribution in [0.15, 0.2) is 34.7 Å². The Hall–Kier alpha value is -2.25. The molecule has 1 amide bonds. The molecule has 0 saturated carbocycles. The first-order valence-electron chi connectivity index (χ1n) is 9.51. The average Bonchev–Trinajstić information content (AvgIpc) is 3.32. The lowest BCUT2D eigenvalue weighted by Gasteiger charge is -2.33. The normalized spacial score (nSPS) is 21.0. The minimum Gasteiger partial charge on any atom is -0.423 e. The highest BCUT2D eigenvalue weighted by Gasteiger charge is 2.42. The topological polar surface area (TPSA) is 71.7 Å². The van der Waals surface area contributed by atoms with E-state index in [9.17, 15) is 4.79 Å². The molecule has 0 N–H and O–H groups in total. The van der Waals surface area contributed by atoms with E-state index >= 15 is 0 Å². The number of hydrogen-bond donors (Lipinski definition) is 0. The monoisotopic (exact) mass is 372 g/mol. The molecule has 0 aliphatic carbocycles. The lowest BCUT2D eigenvalue weighted by atomic mass is 10.0. The van der Waals surface area contributed by atoms with Crippen molar-refractivity contribution in [3.05, 3.63) is 47.7 Å². The fraction of sp³-hybridized carbons (Fsp3) is 0.550. The number of methoxy groups -OCH3 is 1. The minimum absolute atomic E-state index is 0.0423. The highest BCUT2D eigenvalue weighted by Crippen LogP contribution is 2.36. The molecule has 0 radical (unpaired) electrons. The molecule has 7 heteroatoms. The molecule has 1 fully saturated rings. The maximum atomic E-state index is 13.7. The van der Waals surface area contributed by atoms with Crippen molar-refractivity contribution in [1.29, 1.82) is 0 Å². The van der Waals surface area contributed by atoms with Crippen LogP contribution >= 0.6 is 0 Å². The Bertz CT molecular complexity index is 745.